The van der Waals surface area contributed by atoms with Crippen LogP contribution in [0.25, 0.3) is 5.76 Å². The lowest BCUT2D eigenvalue weighted by Crippen LogP contribution is -2.42. The van der Waals surface area contributed by atoms with Crippen molar-refractivity contribution in [2.24, 2.45) is 0 Å². The second kappa shape index (κ2) is 11.4. The van der Waals surface area contributed by atoms with Crippen molar-refractivity contribution in [2.75, 3.05) is 53.1 Å². The van der Waals surface area contributed by atoms with Crippen molar-refractivity contribution < 1.29 is 28.9 Å². The fourth-order valence-electron chi connectivity index (χ4n) is 4.61. The third kappa shape index (κ3) is 5.29. The molecule has 2 aliphatic rings. The summed E-state index contributed by atoms with van der Waals surface area (Å²) in [5.41, 5.74) is 2.05. The Morgan fingerprint density at radius 1 is 1.14 bits per heavy atom. The number of morpholine rings is 1. The van der Waals surface area contributed by atoms with Crippen molar-refractivity contribution in [1.82, 2.24) is 9.80 Å². The molecule has 1 N–H and O–H groups in total. The molecule has 2 saturated heterocycles. The van der Waals surface area contributed by atoms with Crippen LogP contribution in [0.4, 0.5) is 0 Å². The number of aliphatic hydroxyl groups excluding tert-OH is 1. The highest BCUT2D eigenvalue weighted by atomic mass is 16.5. The minimum absolute atomic E-state index is 0.0753. The number of likely N-dealkylation sites (tertiary alicyclic amines) is 1. The average molecular weight is 493 g/mol. The molecule has 0 bridgehead atoms. The third-order valence-electron chi connectivity index (χ3n) is 6.53. The van der Waals surface area contributed by atoms with Gasteiger partial charge >= 0.3 is 0 Å². The van der Waals surface area contributed by atoms with Crippen molar-refractivity contribution in [3.8, 4) is 11.5 Å². The Hall–Kier alpha value is -3.62. The summed E-state index contributed by atoms with van der Waals surface area (Å²) in [6.07, 6.45) is 1.66. The third-order valence-corrected chi connectivity index (χ3v) is 6.53. The van der Waals surface area contributed by atoms with Crippen LogP contribution in [-0.4, -0.2) is 79.7 Å². The SMILES string of the molecule is C=CCOc1ccc(C2/C(=C(\O)c3ccc(OC)c(C)c3)C(=O)C(=O)N2CCN2CCOCC2)cc1. The first kappa shape index (κ1) is 25.5. The molecule has 0 spiro atoms. The number of aryl methyl sites for hydroxylation is 1. The van der Waals surface area contributed by atoms with Crippen LogP contribution in [0.15, 0.2) is 60.7 Å². The fraction of sp³-hybridized carbons (Fsp3) is 0.357. The number of ether oxygens (including phenoxy) is 3. The van der Waals surface area contributed by atoms with Gasteiger partial charge in [-0.1, -0.05) is 24.8 Å². The summed E-state index contributed by atoms with van der Waals surface area (Å²) in [5, 5.41) is 11.3. The molecule has 1 amide bonds. The van der Waals surface area contributed by atoms with E-state index >= 15 is 0 Å². The highest BCUT2D eigenvalue weighted by Crippen LogP contribution is 2.40. The number of Topliss-reactive ketones (excluding diaryl/α,β-unsaturated/α-hetero) is 1. The topological polar surface area (TPSA) is 88.5 Å². The zero-order chi connectivity index (χ0) is 25.7. The lowest BCUT2D eigenvalue weighted by Gasteiger charge is -2.31. The van der Waals surface area contributed by atoms with Crippen molar-refractivity contribution in [1.29, 1.82) is 0 Å². The second-order valence-corrected chi connectivity index (χ2v) is 8.80. The average Bonchev–Trinajstić information content (AvgIpc) is 3.16. The van der Waals surface area contributed by atoms with Gasteiger partial charge in [-0.05, 0) is 48.4 Å². The van der Waals surface area contributed by atoms with E-state index in [1.807, 2.05) is 19.1 Å². The van der Waals surface area contributed by atoms with Gasteiger partial charge in [0.05, 0.1) is 31.9 Å². The molecule has 4 rings (SSSR count). The van der Waals surface area contributed by atoms with E-state index in [-0.39, 0.29) is 11.3 Å². The molecule has 2 heterocycles. The zero-order valence-electron chi connectivity index (χ0n) is 20.7. The normalized spacial score (nSPS) is 19.9. The molecule has 0 radical (unpaired) electrons. The summed E-state index contributed by atoms with van der Waals surface area (Å²) < 4.78 is 16.3. The van der Waals surface area contributed by atoms with Crippen LogP contribution >= 0.6 is 0 Å². The number of hydrogen-bond donors (Lipinski definition) is 1. The van der Waals surface area contributed by atoms with Gasteiger partial charge in [0.2, 0.25) is 0 Å². The molecule has 1 unspecified atom stereocenters. The van der Waals surface area contributed by atoms with Crippen LogP contribution in [-0.2, 0) is 14.3 Å². The van der Waals surface area contributed by atoms with E-state index in [1.54, 1.807) is 48.4 Å². The fourth-order valence-corrected chi connectivity index (χ4v) is 4.61. The molecule has 0 aromatic heterocycles. The number of amides is 1. The van der Waals surface area contributed by atoms with E-state index in [0.717, 1.165) is 18.7 Å². The van der Waals surface area contributed by atoms with E-state index in [4.69, 9.17) is 14.2 Å². The van der Waals surface area contributed by atoms with Gasteiger partial charge in [-0.15, -0.1) is 0 Å². The summed E-state index contributed by atoms with van der Waals surface area (Å²) in [5.74, 6) is -0.198. The van der Waals surface area contributed by atoms with Crippen LogP contribution < -0.4 is 9.47 Å². The first-order chi connectivity index (χ1) is 17.4. The van der Waals surface area contributed by atoms with E-state index in [9.17, 15) is 14.7 Å². The molecular weight excluding hydrogens is 460 g/mol. The Morgan fingerprint density at radius 3 is 2.50 bits per heavy atom. The van der Waals surface area contributed by atoms with Gasteiger partial charge in [0, 0.05) is 31.7 Å². The summed E-state index contributed by atoms with van der Waals surface area (Å²) in [4.78, 5) is 30.3. The largest absolute Gasteiger partial charge is 0.507 e. The van der Waals surface area contributed by atoms with Gasteiger partial charge in [0.15, 0.2) is 0 Å². The van der Waals surface area contributed by atoms with Crippen molar-refractivity contribution in [3.05, 3.63) is 77.4 Å². The molecule has 2 fully saturated rings. The Kier molecular flexibility index (Phi) is 8.07. The molecule has 0 saturated carbocycles. The highest BCUT2D eigenvalue weighted by Gasteiger charge is 2.46. The first-order valence-electron chi connectivity index (χ1n) is 12.0. The lowest BCUT2D eigenvalue weighted by atomic mass is 9.94. The molecule has 190 valence electrons. The van der Waals surface area contributed by atoms with E-state index in [2.05, 4.69) is 11.5 Å². The standard InChI is InChI=1S/C28H32N2O6/c1-4-15-36-22-8-5-20(6-9-22)25-24(26(31)21-7-10-23(34-3)19(2)18-21)27(32)28(33)30(25)12-11-29-13-16-35-17-14-29/h4-10,18,25,31H,1,11-17H2,2-3H3/b26-24+. The molecule has 36 heavy (non-hydrogen) atoms. The van der Waals surface area contributed by atoms with Gasteiger partial charge < -0.3 is 24.2 Å². The molecule has 1 atom stereocenters. The molecule has 8 nitrogen and oxygen atoms in total. The molecular formula is C28H32N2O6. The molecule has 2 aromatic rings. The van der Waals surface area contributed by atoms with Crippen LogP contribution in [0.2, 0.25) is 0 Å². The van der Waals surface area contributed by atoms with Gasteiger partial charge in [0.1, 0.15) is 23.9 Å². The van der Waals surface area contributed by atoms with Gasteiger partial charge in [0.25, 0.3) is 11.7 Å². The number of rotatable bonds is 9. The number of nitrogens with zero attached hydrogens (tertiary/aromatic N) is 2. The van der Waals surface area contributed by atoms with E-state index < -0.39 is 17.7 Å². The van der Waals surface area contributed by atoms with Crippen molar-refractivity contribution >= 4 is 17.4 Å². The number of hydrogen-bond acceptors (Lipinski definition) is 7. The summed E-state index contributed by atoms with van der Waals surface area (Å²) in [6.45, 7) is 9.67. The van der Waals surface area contributed by atoms with Crippen LogP contribution in [0.1, 0.15) is 22.7 Å². The van der Waals surface area contributed by atoms with Crippen LogP contribution in [0.3, 0.4) is 0 Å². The number of methoxy groups -OCH3 is 1. The zero-order valence-corrected chi connectivity index (χ0v) is 20.7. The lowest BCUT2D eigenvalue weighted by molar-refractivity contribution is -0.140. The maximum absolute atomic E-state index is 13.3. The summed E-state index contributed by atoms with van der Waals surface area (Å²) in [6, 6.07) is 11.7. The summed E-state index contributed by atoms with van der Waals surface area (Å²) >= 11 is 0. The van der Waals surface area contributed by atoms with Crippen LogP contribution in [0.5, 0.6) is 11.5 Å². The van der Waals surface area contributed by atoms with Gasteiger partial charge in [-0.3, -0.25) is 14.5 Å². The minimum Gasteiger partial charge on any atom is -0.507 e. The number of ketones is 1. The van der Waals surface area contributed by atoms with Gasteiger partial charge in [-0.25, -0.2) is 0 Å². The highest BCUT2D eigenvalue weighted by molar-refractivity contribution is 6.46. The van der Waals surface area contributed by atoms with Crippen LogP contribution in [0, 0.1) is 6.92 Å². The van der Waals surface area contributed by atoms with Gasteiger partial charge in [-0.2, -0.15) is 0 Å². The maximum Gasteiger partial charge on any atom is 0.295 e. The smallest absolute Gasteiger partial charge is 0.295 e. The minimum atomic E-state index is -0.720. The van der Waals surface area contributed by atoms with E-state index in [0.29, 0.717) is 55.5 Å². The molecule has 0 aliphatic carbocycles. The predicted octanol–water partition coefficient (Wildman–Crippen LogP) is 3.32. The Balaban J connectivity index is 1.72. The number of carbonyl (C=O) groups excluding carboxylic acids is 2. The van der Waals surface area contributed by atoms with E-state index in [1.165, 1.54) is 0 Å². The second-order valence-electron chi connectivity index (χ2n) is 8.80. The molecule has 8 heteroatoms. The van der Waals surface area contributed by atoms with Crippen molar-refractivity contribution in [3.63, 3.8) is 0 Å². The Labute approximate surface area is 211 Å². The Bertz CT molecular complexity index is 1150. The monoisotopic (exact) mass is 492 g/mol. The Morgan fingerprint density at radius 2 is 1.86 bits per heavy atom. The first-order valence-corrected chi connectivity index (χ1v) is 12.0. The predicted molar refractivity (Wildman–Crippen MR) is 136 cm³/mol. The quantitative estimate of drug-likeness (QED) is 0.249. The molecule has 2 aromatic carbocycles. The number of benzene rings is 2. The summed E-state index contributed by atoms with van der Waals surface area (Å²) in [7, 11) is 1.57. The number of carbonyl (C=O) groups is 2. The maximum atomic E-state index is 13.3. The number of aliphatic hydroxyl groups is 1. The molecule has 2 aliphatic heterocycles. The van der Waals surface area contributed by atoms with Crippen molar-refractivity contribution in [2.45, 2.75) is 13.0 Å².